The lowest BCUT2D eigenvalue weighted by atomic mass is 9.91. The lowest BCUT2D eigenvalue weighted by molar-refractivity contribution is -0.143. The van der Waals surface area contributed by atoms with Crippen LogP contribution in [0.1, 0.15) is 37.4 Å². The molecule has 1 aliphatic heterocycles. The molecular formula is C20H23FN2O. The Morgan fingerprint density at radius 2 is 1.75 bits per heavy atom. The standard InChI is InChI=1S/C20H23FN2O/c1-14-4-10-17(11-5-14)22-20(2,3)19(24)23-13-12-18(23)15-6-8-16(21)9-7-15/h4-11,18,22H,12-13H2,1-3H3. The summed E-state index contributed by atoms with van der Waals surface area (Å²) < 4.78 is 13.1. The topological polar surface area (TPSA) is 32.3 Å². The minimum absolute atomic E-state index is 0.0391. The van der Waals surface area contributed by atoms with E-state index in [4.69, 9.17) is 0 Å². The van der Waals surface area contributed by atoms with Crippen molar-refractivity contribution < 1.29 is 9.18 Å². The third-order valence-electron chi connectivity index (χ3n) is 4.58. The van der Waals surface area contributed by atoms with Gasteiger partial charge in [0, 0.05) is 12.2 Å². The van der Waals surface area contributed by atoms with Crippen molar-refractivity contribution in [2.75, 3.05) is 11.9 Å². The van der Waals surface area contributed by atoms with Crippen LogP contribution in [0.5, 0.6) is 0 Å². The lowest BCUT2D eigenvalue weighted by Gasteiger charge is -2.45. The Morgan fingerprint density at radius 3 is 2.29 bits per heavy atom. The fourth-order valence-electron chi connectivity index (χ4n) is 3.07. The largest absolute Gasteiger partial charge is 0.372 e. The smallest absolute Gasteiger partial charge is 0.248 e. The molecule has 1 fully saturated rings. The zero-order valence-electron chi connectivity index (χ0n) is 14.3. The molecule has 2 aromatic carbocycles. The van der Waals surface area contributed by atoms with Gasteiger partial charge in [-0.3, -0.25) is 4.79 Å². The molecule has 1 aliphatic rings. The minimum atomic E-state index is -0.700. The molecular weight excluding hydrogens is 303 g/mol. The summed E-state index contributed by atoms with van der Waals surface area (Å²) in [5.74, 6) is -0.194. The summed E-state index contributed by atoms with van der Waals surface area (Å²) in [6.45, 7) is 6.57. The quantitative estimate of drug-likeness (QED) is 0.908. The highest BCUT2D eigenvalue weighted by molar-refractivity contribution is 5.89. The Morgan fingerprint density at radius 1 is 1.12 bits per heavy atom. The monoisotopic (exact) mass is 326 g/mol. The highest BCUT2D eigenvalue weighted by Crippen LogP contribution is 2.35. The third-order valence-corrected chi connectivity index (χ3v) is 4.58. The average molecular weight is 326 g/mol. The van der Waals surface area contributed by atoms with E-state index in [0.29, 0.717) is 0 Å². The van der Waals surface area contributed by atoms with E-state index in [1.54, 1.807) is 12.1 Å². The van der Waals surface area contributed by atoms with Gasteiger partial charge in [-0.15, -0.1) is 0 Å². The molecule has 1 saturated heterocycles. The fraction of sp³-hybridized carbons (Fsp3) is 0.350. The van der Waals surface area contributed by atoms with Crippen molar-refractivity contribution in [2.24, 2.45) is 0 Å². The predicted octanol–water partition coefficient (Wildman–Crippen LogP) is 4.30. The summed E-state index contributed by atoms with van der Waals surface area (Å²) in [7, 11) is 0. The van der Waals surface area contributed by atoms with Crippen LogP contribution in [-0.2, 0) is 4.79 Å². The molecule has 1 amide bonds. The van der Waals surface area contributed by atoms with Crippen molar-refractivity contribution >= 4 is 11.6 Å². The number of carbonyl (C=O) groups excluding carboxylic acids is 1. The van der Waals surface area contributed by atoms with Crippen LogP contribution >= 0.6 is 0 Å². The van der Waals surface area contributed by atoms with Gasteiger partial charge in [-0.1, -0.05) is 29.8 Å². The van der Waals surface area contributed by atoms with Crippen LogP contribution in [0.2, 0.25) is 0 Å². The molecule has 0 aliphatic carbocycles. The number of amides is 1. The molecule has 3 nitrogen and oxygen atoms in total. The van der Waals surface area contributed by atoms with Crippen LogP contribution in [0, 0.1) is 12.7 Å². The number of carbonyl (C=O) groups is 1. The van der Waals surface area contributed by atoms with Crippen molar-refractivity contribution in [3.05, 3.63) is 65.5 Å². The van der Waals surface area contributed by atoms with Crippen LogP contribution in [0.3, 0.4) is 0 Å². The molecule has 4 heteroatoms. The van der Waals surface area contributed by atoms with E-state index in [0.717, 1.165) is 24.2 Å². The van der Waals surface area contributed by atoms with Gasteiger partial charge in [-0.05, 0) is 57.0 Å². The summed E-state index contributed by atoms with van der Waals surface area (Å²) in [4.78, 5) is 14.8. The van der Waals surface area contributed by atoms with Gasteiger partial charge in [-0.2, -0.15) is 0 Å². The van der Waals surface area contributed by atoms with E-state index in [9.17, 15) is 9.18 Å². The van der Waals surface area contributed by atoms with E-state index >= 15 is 0 Å². The lowest BCUT2D eigenvalue weighted by Crippen LogP contribution is -2.55. The van der Waals surface area contributed by atoms with Crippen molar-refractivity contribution in [3.8, 4) is 0 Å². The zero-order chi connectivity index (χ0) is 17.3. The van der Waals surface area contributed by atoms with Gasteiger partial charge in [0.25, 0.3) is 0 Å². The highest BCUT2D eigenvalue weighted by atomic mass is 19.1. The van der Waals surface area contributed by atoms with Crippen molar-refractivity contribution in [3.63, 3.8) is 0 Å². The van der Waals surface area contributed by atoms with E-state index in [2.05, 4.69) is 5.32 Å². The van der Waals surface area contributed by atoms with Gasteiger partial charge in [0.1, 0.15) is 11.4 Å². The summed E-state index contributed by atoms with van der Waals surface area (Å²) in [6, 6.07) is 14.5. The maximum absolute atomic E-state index is 13.1. The maximum atomic E-state index is 13.1. The van der Waals surface area contributed by atoms with E-state index < -0.39 is 5.54 Å². The number of likely N-dealkylation sites (tertiary alicyclic amines) is 1. The van der Waals surface area contributed by atoms with Crippen molar-refractivity contribution in [2.45, 2.75) is 38.8 Å². The average Bonchev–Trinajstić information content (AvgIpc) is 2.50. The first kappa shape index (κ1) is 16.5. The van der Waals surface area contributed by atoms with Crippen molar-refractivity contribution in [1.82, 2.24) is 4.90 Å². The molecule has 1 heterocycles. The Bertz CT molecular complexity index is 722. The minimum Gasteiger partial charge on any atom is -0.372 e. The Balaban J connectivity index is 1.72. The van der Waals surface area contributed by atoms with E-state index in [1.165, 1.54) is 17.7 Å². The second-order valence-electron chi connectivity index (χ2n) is 6.97. The van der Waals surface area contributed by atoms with E-state index in [1.807, 2.05) is 49.9 Å². The molecule has 0 saturated carbocycles. The van der Waals surface area contributed by atoms with Crippen LogP contribution in [-0.4, -0.2) is 22.9 Å². The van der Waals surface area contributed by atoms with Gasteiger partial charge in [0.15, 0.2) is 0 Å². The van der Waals surface area contributed by atoms with Gasteiger partial charge < -0.3 is 10.2 Å². The van der Waals surface area contributed by atoms with E-state index in [-0.39, 0.29) is 17.8 Å². The SMILES string of the molecule is Cc1ccc(NC(C)(C)C(=O)N2CCC2c2ccc(F)cc2)cc1. The molecule has 1 unspecified atom stereocenters. The molecule has 0 aromatic heterocycles. The first-order valence-electron chi connectivity index (χ1n) is 8.28. The Labute approximate surface area is 142 Å². The first-order valence-corrected chi connectivity index (χ1v) is 8.28. The number of nitrogens with zero attached hydrogens (tertiary/aromatic N) is 1. The molecule has 1 atom stereocenters. The summed E-state index contributed by atoms with van der Waals surface area (Å²) in [6.07, 6.45) is 0.915. The number of rotatable bonds is 4. The molecule has 24 heavy (non-hydrogen) atoms. The number of aryl methyl sites for hydroxylation is 1. The predicted molar refractivity (Wildman–Crippen MR) is 94.4 cm³/mol. The van der Waals surface area contributed by atoms with Gasteiger partial charge in [0.2, 0.25) is 5.91 Å². The number of hydrogen-bond acceptors (Lipinski definition) is 2. The number of hydrogen-bond donors (Lipinski definition) is 1. The summed E-state index contributed by atoms with van der Waals surface area (Å²) in [5, 5.41) is 3.32. The second-order valence-corrected chi connectivity index (χ2v) is 6.97. The summed E-state index contributed by atoms with van der Waals surface area (Å²) in [5.41, 5.74) is 2.40. The molecule has 1 N–H and O–H groups in total. The van der Waals surface area contributed by atoms with Crippen LogP contribution in [0.25, 0.3) is 0 Å². The van der Waals surface area contributed by atoms with Gasteiger partial charge in [-0.25, -0.2) is 4.39 Å². The number of halogens is 1. The molecule has 0 bridgehead atoms. The third kappa shape index (κ3) is 3.28. The van der Waals surface area contributed by atoms with Gasteiger partial charge >= 0.3 is 0 Å². The number of benzene rings is 2. The molecule has 3 rings (SSSR count). The Hall–Kier alpha value is -2.36. The van der Waals surface area contributed by atoms with Crippen molar-refractivity contribution in [1.29, 1.82) is 0 Å². The second kappa shape index (κ2) is 6.27. The highest BCUT2D eigenvalue weighted by Gasteiger charge is 2.40. The summed E-state index contributed by atoms with van der Waals surface area (Å²) >= 11 is 0. The first-order chi connectivity index (χ1) is 11.4. The van der Waals surface area contributed by atoms with Crippen LogP contribution in [0.15, 0.2) is 48.5 Å². The number of nitrogens with one attached hydrogen (secondary N) is 1. The van der Waals surface area contributed by atoms with Crippen LogP contribution < -0.4 is 5.32 Å². The maximum Gasteiger partial charge on any atom is 0.248 e. The fourth-order valence-corrected chi connectivity index (χ4v) is 3.07. The number of anilines is 1. The van der Waals surface area contributed by atoms with Crippen LogP contribution in [0.4, 0.5) is 10.1 Å². The molecule has 2 aromatic rings. The Kier molecular flexibility index (Phi) is 4.31. The molecule has 0 radical (unpaired) electrons. The molecule has 0 spiro atoms. The normalized spacial score (nSPS) is 17.3. The van der Waals surface area contributed by atoms with Gasteiger partial charge in [0.05, 0.1) is 6.04 Å². The zero-order valence-corrected chi connectivity index (χ0v) is 14.3. The molecule has 126 valence electrons.